The lowest BCUT2D eigenvalue weighted by atomic mass is 10.0. The van der Waals surface area contributed by atoms with Crippen LogP contribution in [0.1, 0.15) is 20.8 Å². The first-order valence-electron chi connectivity index (χ1n) is 8.12. The van der Waals surface area contributed by atoms with Gasteiger partial charge in [-0.05, 0) is 20.8 Å². The molecule has 140 valence electrons. The van der Waals surface area contributed by atoms with Gasteiger partial charge < -0.3 is 14.8 Å². The second-order valence-corrected chi connectivity index (χ2v) is 7.06. The maximum absolute atomic E-state index is 14.9. The van der Waals surface area contributed by atoms with Gasteiger partial charge in [0.1, 0.15) is 11.4 Å². The topological polar surface area (TPSA) is 88.2 Å². The van der Waals surface area contributed by atoms with E-state index in [0.29, 0.717) is 0 Å². The fraction of sp³-hybridized carbons (Fsp3) is 0.471. The summed E-state index contributed by atoms with van der Waals surface area (Å²) >= 11 is 0. The second kappa shape index (κ2) is 6.15. The van der Waals surface area contributed by atoms with Gasteiger partial charge in [0.25, 0.3) is 11.8 Å². The summed E-state index contributed by atoms with van der Waals surface area (Å²) in [6.45, 7) is 5.11. The number of ether oxygens (including phenoxy) is 2. The number of likely N-dealkylation sites (N-methyl/N-ethyl adjacent to an activating group) is 1. The Morgan fingerprint density at radius 2 is 2.00 bits per heavy atom. The molecule has 1 unspecified atom stereocenters. The van der Waals surface area contributed by atoms with Crippen molar-refractivity contribution >= 4 is 29.3 Å². The third-order valence-electron chi connectivity index (χ3n) is 4.17. The molecule has 1 saturated heterocycles. The average Bonchev–Trinajstić information content (AvgIpc) is 2.95. The first kappa shape index (κ1) is 18.0. The first-order chi connectivity index (χ1) is 12.1. The Bertz CT molecular complexity index is 789. The summed E-state index contributed by atoms with van der Waals surface area (Å²) < 4.78 is 25.2. The quantitative estimate of drug-likeness (QED) is 0.856. The summed E-state index contributed by atoms with van der Waals surface area (Å²) in [7, 11) is 1.43. The summed E-state index contributed by atoms with van der Waals surface area (Å²) in [5, 5.41) is 2.40. The molecule has 1 fully saturated rings. The first-order valence-corrected chi connectivity index (χ1v) is 8.12. The number of carbonyl (C=O) groups excluding carboxylic acids is 3. The molecule has 0 bridgehead atoms. The number of nitrogens with zero attached hydrogens (tertiary/aromatic N) is 2. The van der Waals surface area contributed by atoms with Crippen LogP contribution in [0.4, 0.5) is 20.6 Å². The summed E-state index contributed by atoms with van der Waals surface area (Å²) in [4.78, 5) is 38.4. The Balaban J connectivity index is 1.99. The average molecular weight is 365 g/mol. The highest BCUT2D eigenvalue weighted by atomic mass is 19.1. The van der Waals surface area contributed by atoms with Crippen molar-refractivity contribution in [1.82, 2.24) is 5.32 Å². The smallest absolute Gasteiger partial charge is 0.415 e. The van der Waals surface area contributed by atoms with E-state index in [9.17, 15) is 18.8 Å². The maximum atomic E-state index is 14.9. The summed E-state index contributed by atoms with van der Waals surface area (Å²) in [5.74, 6) is -1.33. The molecule has 0 aliphatic carbocycles. The highest BCUT2D eigenvalue weighted by Crippen LogP contribution is 2.42. The van der Waals surface area contributed by atoms with E-state index in [1.54, 1.807) is 20.8 Å². The number of hydrogen-bond acceptors (Lipinski definition) is 5. The van der Waals surface area contributed by atoms with Gasteiger partial charge in [0.15, 0.2) is 18.5 Å². The largest absolute Gasteiger partial charge is 0.481 e. The zero-order valence-corrected chi connectivity index (χ0v) is 15.0. The van der Waals surface area contributed by atoms with Gasteiger partial charge in [-0.2, -0.15) is 0 Å². The highest BCUT2D eigenvalue weighted by molar-refractivity contribution is 6.01. The Kier molecular flexibility index (Phi) is 4.25. The van der Waals surface area contributed by atoms with Crippen LogP contribution in [0.5, 0.6) is 5.75 Å². The molecule has 2 aliphatic rings. The SMILES string of the molecule is CNC(=O)C1CN(c2cc(F)c3c(c2)OCC(=O)N3C(C)(C)C)C(=O)O1. The van der Waals surface area contributed by atoms with Crippen LogP contribution in [-0.2, 0) is 14.3 Å². The lowest BCUT2D eigenvalue weighted by molar-refractivity contribution is -0.127. The lowest BCUT2D eigenvalue weighted by Gasteiger charge is -2.39. The van der Waals surface area contributed by atoms with Crippen molar-refractivity contribution in [1.29, 1.82) is 0 Å². The number of cyclic esters (lactones) is 1. The normalized spacial score (nSPS) is 19.8. The molecule has 3 rings (SSSR count). The van der Waals surface area contributed by atoms with Crippen molar-refractivity contribution in [2.45, 2.75) is 32.4 Å². The molecule has 0 aromatic heterocycles. The fourth-order valence-corrected chi connectivity index (χ4v) is 3.05. The number of amides is 3. The van der Waals surface area contributed by atoms with Crippen LogP contribution >= 0.6 is 0 Å². The lowest BCUT2D eigenvalue weighted by Crippen LogP contribution is -2.50. The number of fused-ring (bicyclic) bond motifs is 1. The standard InChI is InChI=1S/C17H20FN3O5/c1-17(2,3)21-13(22)8-25-11-6-9(5-10(18)14(11)21)20-7-12(15(23)19-4)26-16(20)24/h5-6,12H,7-8H2,1-4H3,(H,19,23). The zero-order chi connectivity index (χ0) is 19.2. The van der Waals surface area contributed by atoms with Gasteiger partial charge in [0, 0.05) is 24.7 Å². The fourth-order valence-electron chi connectivity index (χ4n) is 3.05. The van der Waals surface area contributed by atoms with Gasteiger partial charge >= 0.3 is 6.09 Å². The van der Waals surface area contributed by atoms with E-state index in [-0.39, 0.29) is 36.2 Å². The molecule has 3 amide bonds. The molecule has 0 saturated carbocycles. The van der Waals surface area contributed by atoms with Crippen LogP contribution in [-0.4, -0.2) is 49.7 Å². The van der Waals surface area contributed by atoms with E-state index >= 15 is 0 Å². The Hall–Kier alpha value is -2.84. The molecule has 0 spiro atoms. The second-order valence-electron chi connectivity index (χ2n) is 7.06. The Labute approximate surface area is 149 Å². The van der Waals surface area contributed by atoms with Crippen molar-refractivity contribution in [3.05, 3.63) is 17.9 Å². The van der Waals surface area contributed by atoms with E-state index in [2.05, 4.69) is 5.32 Å². The number of halogens is 1. The number of carbonyl (C=O) groups is 3. The van der Waals surface area contributed by atoms with Crippen LogP contribution < -0.4 is 19.9 Å². The van der Waals surface area contributed by atoms with Crippen LogP contribution in [0.25, 0.3) is 0 Å². The Morgan fingerprint density at radius 3 is 2.62 bits per heavy atom. The molecule has 8 nitrogen and oxygen atoms in total. The Morgan fingerprint density at radius 1 is 1.31 bits per heavy atom. The van der Waals surface area contributed by atoms with Crippen LogP contribution in [0.15, 0.2) is 12.1 Å². The predicted molar refractivity (Wildman–Crippen MR) is 90.8 cm³/mol. The number of rotatable bonds is 2. The van der Waals surface area contributed by atoms with Crippen molar-refractivity contribution in [2.75, 3.05) is 30.0 Å². The molecule has 9 heteroatoms. The molecule has 1 atom stereocenters. The summed E-state index contributed by atoms with van der Waals surface area (Å²) in [6, 6.07) is 2.60. The van der Waals surface area contributed by atoms with Crippen molar-refractivity contribution in [3.8, 4) is 5.75 Å². The molecule has 2 heterocycles. The minimum absolute atomic E-state index is 0.0351. The predicted octanol–water partition coefficient (Wildman–Crippen LogP) is 1.42. The van der Waals surface area contributed by atoms with Gasteiger partial charge in [0.2, 0.25) is 0 Å². The number of anilines is 2. The minimum atomic E-state index is -0.972. The molecule has 1 aromatic carbocycles. The zero-order valence-electron chi connectivity index (χ0n) is 15.0. The van der Waals surface area contributed by atoms with E-state index in [1.165, 1.54) is 18.0 Å². The van der Waals surface area contributed by atoms with Crippen molar-refractivity contribution < 1.29 is 28.2 Å². The maximum Gasteiger partial charge on any atom is 0.415 e. The van der Waals surface area contributed by atoms with Gasteiger partial charge in [-0.1, -0.05) is 0 Å². The van der Waals surface area contributed by atoms with Crippen molar-refractivity contribution in [3.63, 3.8) is 0 Å². The monoisotopic (exact) mass is 365 g/mol. The third-order valence-corrected chi connectivity index (χ3v) is 4.17. The van der Waals surface area contributed by atoms with Gasteiger partial charge in [-0.15, -0.1) is 0 Å². The van der Waals surface area contributed by atoms with Gasteiger partial charge in [0.05, 0.1) is 12.2 Å². The molecular weight excluding hydrogens is 345 g/mol. The highest BCUT2D eigenvalue weighted by Gasteiger charge is 2.40. The van der Waals surface area contributed by atoms with Gasteiger partial charge in [-0.25, -0.2) is 9.18 Å². The van der Waals surface area contributed by atoms with E-state index in [1.807, 2.05) is 0 Å². The van der Waals surface area contributed by atoms with E-state index in [4.69, 9.17) is 9.47 Å². The van der Waals surface area contributed by atoms with Crippen LogP contribution in [0, 0.1) is 5.82 Å². The number of benzene rings is 1. The number of hydrogen-bond donors (Lipinski definition) is 1. The molecular formula is C17H20FN3O5. The number of nitrogens with one attached hydrogen (secondary N) is 1. The van der Waals surface area contributed by atoms with Crippen LogP contribution in [0.2, 0.25) is 0 Å². The van der Waals surface area contributed by atoms with Crippen LogP contribution in [0.3, 0.4) is 0 Å². The van der Waals surface area contributed by atoms with Gasteiger partial charge in [-0.3, -0.25) is 19.4 Å². The molecule has 1 N–H and O–H groups in total. The minimum Gasteiger partial charge on any atom is -0.481 e. The summed E-state index contributed by atoms with van der Waals surface area (Å²) in [6.07, 6.45) is -1.72. The molecule has 2 aliphatic heterocycles. The molecule has 0 radical (unpaired) electrons. The molecule has 1 aromatic rings. The van der Waals surface area contributed by atoms with E-state index < -0.39 is 29.5 Å². The third kappa shape index (κ3) is 2.93. The van der Waals surface area contributed by atoms with E-state index in [0.717, 1.165) is 11.0 Å². The molecule has 26 heavy (non-hydrogen) atoms. The summed E-state index contributed by atoms with van der Waals surface area (Å²) in [5.41, 5.74) is -0.414. The van der Waals surface area contributed by atoms with Crippen molar-refractivity contribution in [2.24, 2.45) is 0 Å².